The average molecular weight is 191 g/mol. The quantitative estimate of drug-likeness (QED) is 0.633. The largest absolute Gasteiger partial charge is 0.288 e. The Morgan fingerprint density at radius 2 is 2.54 bits per heavy atom. The first-order valence-corrected chi connectivity index (χ1v) is 4.80. The third-order valence-corrected chi connectivity index (χ3v) is 1.94. The number of hydrogen-bond donors (Lipinski definition) is 0. The van der Waals surface area contributed by atoms with E-state index in [9.17, 15) is 4.79 Å². The number of thioether (sulfide) groups is 1. The Morgan fingerprint density at radius 1 is 1.69 bits per heavy atom. The zero-order valence-corrected chi connectivity index (χ0v) is 8.10. The van der Waals surface area contributed by atoms with E-state index in [0.29, 0.717) is 5.75 Å². The molecule has 0 unspecified atom stereocenters. The number of hydrogen-bond acceptors (Lipinski definition) is 3. The van der Waals surface area contributed by atoms with Gasteiger partial charge in [-0.3, -0.25) is 9.78 Å². The fourth-order valence-electron chi connectivity index (χ4n) is 0.713. The lowest BCUT2D eigenvalue weighted by Gasteiger charge is -1.86. The molecule has 0 amide bonds. The predicted octanol–water partition coefficient (Wildman–Crippen LogP) is 1.71. The van der Waals surface area contributed by atoms with Crippen LogP contribution >= 0.6 is 11.8 Å². The van der Waals surface area contributed by atoms with E-state index in [0.717, 1.165) is 5.56 Å². The lowest BCUT2D eigenvalue weighted by molar-refractivity contribution is -0.109. The summed E-state index contributed by atoms with van der Waals surface area (Å²) >= 11 is 1.22. The number of aromatic nitrogens is 1. The van der Waals surface area contributed by atoms with Crippen LogP contribution in [0.2, 0.25) is 0 Å². The van der Waals surface area contributed by atoms with Gasteiger partial charge in [0.25, 0.3) is 0 Å². The van der Waals surface area contributed by atoms with Gasteiger partial charge in [-0.1, -0.05) is 23.6 Å². The molecule has 13 heavy (non-hydrogen) atoms. The van der Waals surface area contributed by atoms with Crippen LogP contribution in [-0.2, 0) is 4.79 Å². The maximum Gasteiger partial charge on any atom is 0.186 e. The maximum atomic E-state index is 10.5. The summed E-state index contributed by atoms with van der Waals surface area (Å²) in [5.41, 5.74) is 0.881. The van der Waals surface area contributed by atoms with Gasteiger partial charge >= 0.3 is 0 Å². The van der Waals surface area contributed by atoms with E-state index in [1.165, 1.54) is 18.7 Å². The molecule has 1 aromatic rings. The molecule has 1 aromatic heterocycles. The highest BCUT2D eigenvalue weighted by molar-refractivity contribution is 8.13. The van der Waals surface area contributed by atoms with Gasteiger partial charge in [0.05, 0.1) is 5.75 Å². The van der Waals surface area contributed by atoms with Crippen molar-refractivity contribution in [1.82, 2.24) is 4.98 Å². The molecule has 0 fully saturated rings. The average Bonchev–Trinajstić information content (AvgIpc) is 2.14. The zero-order chi connectivity index (χ0) is 9.52. The molecular weight excluding hydrogens is 182 g/mol. The van der Waals surface area contributed by atoms with Gasteiger partial charge in [-0.15, -0.1) is 0 Å². The Morgan fingerprint density at radius 3 is 3.15 bits per heavy atom. The van der Waals surface area contributed by atoms with E-state index in [1.807, 2.05) is 12.1 Å². The van der Waals surface area contributed by atoms with E-state index in [2.05, 4.69) is 16.8 Å². The minimum Gasteiger partial charge on any atom is -0.288 e. The number of nitrogens with zero attached hydrogens (tertiary/aromatic N) is 1. The van der Waals surface area contributed by atoms with Crippen LogP contribution in [-0.4, -0.2) is 15.9 Å². The van der Waals surface area contributed by atoms with Gasteiger partial charge in [0.1, 0.15) is 0 Å². The summed E-state index contributed by atoms with van der Waals surface area (Å²) in [6.07, 6.45) is 3.40. The molecule has 3 heteroatoms. The van der Waals surface area contributed by atoms with Crippen molar-refractivity contribution in [2.45, 2.75) is 6.92 Å². The van der Waals surface area contributed by atoms with Crippen molar-refractivity contribution < 1.29 is 4.79 Å². The van der Waals surface area contributed by atoms with Gasteiger partial charge < -0.3 is 0 Å². The highest BCUT2D eigenvalue weighted by atomic mass is 32.2. The molecule has 0 aliphatic heterocycles. The molecule has 66 valence electrons. The zero-order valence-electron chi connectivity index (χ0n) is 7.28. The summed E-state index contributed by atoms with van der Waals surface area (Å²) in [6.45, 7) is 1.54. The fourth-order valence-corrected chi connectivity index (χ4v) is 1.06. The Balaban J connectivity index is 2.44. The van der Waals surface area contributed by atoms with Gasteiger partial charge in [-0.2, -0.15) is 0 Å². The Labute approximate surface area is 81.8 Å². The van der Waals surface area contributed by atoms with E-state index < -0.39 is 0 Å². The van der Waals surface area contributed by atoms with E-state index >= 15 is 0 Å². The number of rotatable bonds is 1. The molecule has 0 N–H and O–H groups in total. The van der Waals surface area contributed by atoms with Crippen molar-refractivity contribution >= 4 is 16.9 Å². The summed E-state index contributed by atoms with van der Waals surface area (Å²) < 4.78 is 0. The first kappa shape index (κ1) is 9.82. The van der Waals surface area contributed by atoms with Crippen LogP contribution in [0.15, 0.2) is 24.5 Å². The van der Waals surface area contributed by atoms with Crippen LogP contribution in [0.5, 0.6) is 0 Å². The summed E-state index contributed by atoms with van der Waals surface area (Å²) in [7, 11) is 0. The molecule has 0 aromatic carbocycles. The van der Waals surface area contributed by atoms with Crippen molar-refractivity contribution in [2.75, 3.05) is 5.75 Å². The van der Waals surface area contributed by atoms with Crippen LogP contribution in [0, 0.1) is 11.8 Å². The van der Waals surface area contributed by atoms with Crippen LogP contribution in [0.3, 0.4) is 0 Å². The topological polar surface area (TPSA) is 30.0 Å². The Kier molecular flexibility index (Phi) is 4.07. The summed E-state index contributed by atoms with van der Waals surface area (Å²) in [6, 6.07) is 3.72. The summed E-state index contributed by atoms with van der Waals surface area (Å²) in [5.74, 6) is 6.35. The van der Waals surface area contributed by atoms with Gasteiger partial charge in [-0.25, -0.2) is 0 Å². The highest BCUT2D eigenvalue weighted by Gasteiger charge is 1.88. The van der Waals surface area contributed by atoms with Crippen LogP contribution in [0.1, 0.15) is 12.5 Å². The fraction of sp³-hybridized carbons (Fsp3) is 0.200. The van der Waals surface area contributed by atoms with Gasteiger partial charge in [-0.05, 0) is 12.1 Å². The van der Waals surface area contributed by atoms with Crippen molar-refractivity contribution in [3.63, 3.8) is 0 Å². The molecule has 1 rings (SSSR count). The molecule has 0 spiro atoms. The van der Waals surface area contributed by atoms with Crippen LogP contribution in [0.25, 0.3) is 0 Å². The molecule has 0 aliphatic carbocycles. The van der Waals surface area contributed by atoms with E-state index in [-0.39, 0.29) is 5.12 Å². The highest BCUT2D eigenvalue weighted by Crippen LogP contribution is 1.98. The molecule has 1 heterocycles. The van der Waals surface area contributed by atoms with Crippen molar-refractivity contribution in [3.05, 3.63) is 30.1 Å². The van der Waals surface area contributed by atoms with Crippen LogP contribution < -0.4 is 0 Å². The number of carbonyl (C=O) groups is 1. The van der Waals surface area contributed by atoms with Gasteiger partial charge in [0.15, 0.2) is 5.12 Å². The molecule has 0 saturated carbocycles. The van der Waals surface area contributed by atoms with Crippen molar-refractivity contribution in [3.8, 4) is 11.8 Å². The summed E-state index contributed by atoms with van der Waals surface area (Å²) in [5, 5.41) is 0.0977. The monoisotopic (exact) mass is 191 g/mol. The minimum atomic E-state index is 0.0977. The summed E-state index contributed by atoms with van der Waals surface area (Å²) in [4.78, 5) is 14.5. The van der Waals surface area contributed by atoms with Gasteiger partial charge in [0.2, 0.25) is 0 Å². The number of pyridine rings is 1. The second-order valence-corrected chi connectivity index (χ2v) is 3.48. The van der Waals surface area contributed by atoms with Crippen molar-refractivity contribution in [1.29, 1.82) is 0 Å². The molecule has 0 aliphatic rings. The Bertz CT molecular complexity index is 337. The number of carbonyl (C=O) groups excluding carboxylic acids is 1. The minimum absolute atomic E-state index is 0.0977. The van der Waals surface area contributed by atoms with Crippen molar-refractivity contribution in [2.24, 2.45) is 0 Å². The first-order valence-electron chi connectivity index (χ1n) is 3.81. The van der Waals surface area contributed by atoms with E-state index in [1.54, 1.807) is 12.4 Å². The third kappa shape index (κ3) is 4.34. The maximum absolute atomic E-state index is 10.5. The third-order valence-electron chi connectivity index (χ3n) is 1.24. The second kappa shape index (κ2) is 5.39. The van der Waals surface area contributed by atoms with Crippen LogP contribution in [0.4, 0.5) is 0 Å². The predicted molar refractivity (Wildman–Crippen MR) is 54.3 cm³/mol. The SMILES string of the molecule is CC(=O)SCC#Cc1cccnc1. The first-order chi connectivity index (χ1) is 6.29. The molecule has 0 atom stereocenters. The molecule has 0 bridgehead atoms. The lowest BCUT2D eigenvalue weighted by atomic mass is 10.3. The molecule has 0 saturated heterocycles. The smallest absolute Gasteiger partial charge is 0.186 e. The Hall–Kier alpha value is -1.27. The molecule has 0 radical (unpaired) electrons. The lowest BCUT2D eigenvalue weighted by Crippen LogP contribution is -1.82. The van der Waals surface area contributed by atoms with Gasteiger partial charge in [0, 0.05) is 24.9 Å². The second-order valence-electron chi connectivity index (χ2n) is 2.32. The van der Waals surface area contributed by atoms with E-state index in [4.69, 9.17) is 0 Å². The molecular formula is C10H9NOS. The standard InChI is InChI=1S/C10H9NOS/c1-9(12)13-7-3-5-10-4-2-6-11-8-10/h2,4,6,8H,7H2,1H3. The molecule has 2 nitrogen and oxygen atoms in total. The normalized spacial score (nSPS) is 8.69.